The van der Waals surface area contributed by atoms with Crippen molar-refractivity contribution in [2.45, 2.75) is 44.0 Å². The van der Waals surface area contributed by atoms with E-state index >= 15 is 0 Å². The molecule has 0 aliphatic carbocycles. The summed E-state index contributed by atoms with van der Waals surface area (Å²) in [6.45, 7) is 2.85. The fourth-order valence-electron chi connectivity index (χ4n) is 2.23. The van der Waals surface area contributed by atoms with Crippen molar-refractivity contribution in [1.29, 1.82) is 0 Å². The second-order valence-electron chi connectivity index (χ2n) is 4.74. The maximum Gasteiger partial charge on any atom is 0.354 e. The van der Waals surface area contributed by atoms with Gasteiger partial charge in [-0.2, -0.15) is 4.98 Å². The van der Waals surface area contributed by atoms with Gasteiger partial charge in [-0.3, -0.25) is 4.57 Å². The van der Waals surface area contributed by atoms with Gasteiger partial charge in [0.25, 0.3) is 0 Å². The van der Waals surface area contributed by atoms with Crippen molar-refractivity contribution in [3.8, 4) is 11.8 Å². The van der Waals surface area contributed by atoms with Crippen molar-refractivity contribution in [3.05, 3.63) is 16.8 Å². The molecule has 1 unspecified atom stereocenters. The summed E-state index contributed by atoms with van der Waals surface area (Å²) < 4.78 is 6.27. The van der Waals surface area contributed by atoms with Crippen LogP contribution in [0.3, 0.4) is 0 Å². The van der Waals surface area contributed by atoms with Gasteiger partial charge in [0.05, 0.1) is 6.10 Å². The van der Waals surface area contributed by atoms with Gasteiger partial charge in [0.2, 0.25) is 5.95 Å². The fraction of sp³-hybridized carbons (Fsp3) is 0.583. The minimum atomic E-state index is -2.08. The predicted octanol–water partition coefficient (Wildman–Crippen LogP) is -2.39. The number of nitrogens with two attached hydrogens (primary N) is 1. The Labute approximate surface area is 120 Å². The van der Waals surface area contributed by atoms with Gasteiger partial charge in [0.15, 0.2) is 11.8 Å². The number of nitrogen functional groups attached to an aromatic ring is 1. The van der Waals surface area contributed by atoms with E-state index in [4.69, 9.17) is 10.5 Å². The summed E-state index contributed by atoms with van der Waals surface area (Å²) in [5.74, 6) is 4.66. The largest absolute Gasteiger partial charge is 0.391 e. The number of hydrogen-bond donors (Lipinski definition) is 4. The molecule has 0 amide bonds. The molecule has 9 nitrogen and oxygen atoms in total. The normalized spacial score (nSPS) is 33.3. The van der Waals surface area contributed by atoms with Gasteiger partial charge in [-0.1, -0.05) is 5.92 Å². The van der Waals surface area contributed by atoms with E-state index in [1.807, 2.05) is 0 Å². The van der Waals surface area contributed by atoms with Crippen molar-refractivity contribution < 1.29 is 20.1 Å². The SMILES string of the molecule is CC#CC1(O)[C@@H](O)[C@@H]([C@H](C)O)O[C@H]1n1cnc(N)nc1=O. The number of aliphatic hydroxyl groups excluding tert-OH is 2. The van der Waals surface area contributed by atoms with Crippen LogP contribution in [-0.4, -0.2) is 53.8 Å². The highest BCUT2D eigenvalue weighted by Crippen LogP contribution is 2.38. The van der Waals surface area contributed by atoms with E-state index in [0.717, 1.165) is 10.9 Å². The zero-order valence-electron chi connectivity index (χ0n) is 11.5. The van der Waals surface area contributed by atoms with Crippen molar-refractivity contribution in [2.24, 2.45) is 0 Å². The molecule has 0 bridgehead atoms. The topological polar surface area (TPSA) is 144 Å². The molecule has 2 rings (SSSR count). The molecule has 1 fully saturated rings. The maximum atomic E-state index is 11.9. The van der Waals surface area contributed by atoms with Gasteiger partial charge in [-0.25, -0.2) is 9.78 Å². The van der Waals surface area contributed by atoms with Crippen LogP contribution >= 0.6 is 0 Å². The van der Waals surface area contributed by atoms with Crippen LogP contribution in [0.2, 0.25) is 0 Å². The number of aromatic nitrogens is 3. The van der Waals surface area contributed by atoms with Gasteiger partial charge < -0.3 is 25.8 Å². The summed E-state index contributed by atoms with van der Waals surface area (Å²) in [5, 5.41) is 30.4. The third-order valence-corrected chi connectivity index (χ3v) is 3.22. The van der Waals surface area contributed by atoms with Crippen LogP contribution in [0.4, 0.5) is 5.95 Å². The van der Waals surface area contributed by atoms with Gasteiger partial charge in [0, 0.05) is 0 Å². The summed E-state index contributed by atoms with van der Waals surface area (Å²) in [5.41, 5.74) is 2.40. The van der Waals surface area contributed by atoms with E-state index in [9.17, 15) is 20.1 Å². The quantitative estimate of drug-likeness (QED) is 0.443. The monoisotopic (exact) mass is 296 g/mol. The molecule has 0 radical (unpaired) electrons. The molecular formula is C12H16N4O5. The Morgan fingerprint density at radius 2 is 2.29 bits per heavy atom. The van der Waals surface area contributed by atoms with Crippen LogP contribution in [0.5, 0.6) is 0 Å². The van der Waals surface area contributed by atoms with E-state index in [1.165, 1.54) is 13.8 Å². The number of rotatable bonds is 2. The molecule has 0 spiro atoms. The lowest BCUT2D eigenvalue weighted by Crippen LogP contribution is -2.48. The van der Waals surface area contributed by atoms with Crippen LogP contribution in [-0.2, 0) is 4.74 Å². The standard InChI is InChI=1S/C12H16N4O5/c1-3-4-12(20)8(18)7(6(2)17)21-9(12)16-5-14-10(13)15-11(16)19/h5-9,17-18,20H,1-2H3,(H2,13,15,19)/t6-,7+,8-,9+,12?/m0/s1. The van der Waals surface area contributed by atoms with E-state index in [-0.39, 0.29) is 5.95 Å². The summed E-state index contributed by atoms with van der Waals surface area (Å²) >= 11 is 0. The lowest BCUT2D eigenvalue weighted by molar-refractivity contribution is -0.0888. The van der Waals surface area contributed by atoms with E-state index in [0.29, 0.717) is 0 Å². The zero-order chi connectivity index (χ0) is 15.8. The first kappa shape index (κ1) is 15.4. The molecule has 9 heteroatoms. The maximum absolute atomic E-state index is 11.9. The number of aliphatic hydroxyl groups is 3. The van der Waals surface area contributed by atoms with E-state index < -0.39 is 35.8 Å². The third kappa shape index (κ3) is 2.50. The molecule has 1 aliphatic rings. The number of ether oxygens (including phenoxy) is 1. The average Bonchev–Trinajstić information content (AvgIpc) is 2.64. The highest BCUT2D eigenvalue weighted by molar-refractivity contribution is 5.22. The highest BCUT2D eigenvalue weighted by Gasteiger charge is 2.57. The first-order valence-electron chi connectivity index (χ1n) is 6.19. The Balaban J connectivity index is 2.54. The summed E-state index contributed by atoms with van der Waals surface area (Å²) in [6, 6.07) is 0. The first-order valence-corrected chi connectivity index (χ1v) is 6.19. The van der Waals surface area contributed by atoms with Crippen LogP contribution in [0, 0.1) is 11.8 Å². The van der Waals surface area contributed by atoms with Gasteiger partial charge >= 0.3 is 5.69 Å². The Hall–Kier alpha value is -1.99. The van der Waals surface area contributed by atoms with Crippen LogP contribution in [0.25, 0.3) is 0 Å². The van der Waals surface area contributed by atoms with Crippen molar-refractivity contribution in [3.63, 3.8) is 0 Å². The number of nitrogens with zero attached hydrogens (tertiary/aromatic N) is 3. The highest BCUT2D eigenvalue weighted by atomic mass is 16.6. The second kappa shape index (κ2) is 5.42. The van der Waals surface area contributed by atoms with Crippen LogP contribution < -0.4 is 11.4 Å². The lowest BCUT2D eigenvalue weighted by atomic mass is 9.93. The molecule has 1 aromatic heterocycles. The third-order valence-electron chi connectivity index (χ3n) is 3.22. The molecular weight excluding hydrogens is 280 g/mol. The van der Waals surface area contributed by atoms with Crippen LogP contribution in [0.1, 0.15) is 20.1 Å². The Bertz CT molecular complexity index is 649. The Morgan fingerprint density at radius 3 is 2.81 bits per heavy atom. The van der Waals surface area contributed by atoms with Crippen molar-refractivity contribution in [2.75, 3.05) is 5.73 Å². The fourth-order valence-corrected chi connectivity index (χ4v) is 2.23. The first-order chi connectivity index (χ1) is 9.81. The molecule has 1 aliphatic heterocycles. The number of hydrogen-bond acceptors (Lipinski definition) is 8. The van der Waals surface area contributed by atoms with Crippen molar-refractivity contribution >= 4 is 5.95 Å². The van der Waals surface area contributed by atoms with Gasteiger partial charge in [-0.05, 0) is 13.8 Å². The van der Waals surface area contributed by atoms with Crippen LogP contribution in [0.15, 0.2) is 11.1 Å². The molecule has 5 N–H and O–H groups in total. The summed E-state index contributed by atoms with van der Waals surface area (Å²) in [7, 11) is 0. The van der Waals surface area contributed by atoms with Gasteiger partial charge in [0.1, 0.15) is 18.5 Å². The number of anilines is 1. The minimum Gasteiger partial charge on any atom is -0.391 e. The average molecular weight is 296 g/mol. The zero-order valence-corrected chi connectivity index (χ0v) is 11.5. The molecule has 21 heavy (non-hydrogen) atoms. The molecule has 0 aromatic carbocycles. The Kier molecular flexibility index (Phi) is 3.97. The molecule has 5 atom stereocenters. The minimum absolute atomic E-state index is 0.230. The second-order valence-corrected chi connectivity index (χ2v) is 4.74. The van der Waals surface area contributed by atoms with Crippen molar-refractivity contribution in [1.82, 2.24) is 14.5 Å². The summed E-state index contributed by atoms with van der Waals surface area (Å²) in [6.07, 6.45) is -4.05. The van der Waals surface area contributed by atoms with E-state index in [2.05, 4.69) is 21.8 Å². The molecule has 1 aromatic rings. The van der Waals surface area contributed by atoms with E-state index in [1.54, 1.807) is 0 Å². The molecule has 114 valence electrons. The smallest absolute Gasteiger partial charge is 0.354 e. The van der Waals surface area contributed by atoms with Gasteiger partial charge in [-0.15, -0.1) is 5.92 Å². The lowest BCUT2D eigenvalue weighted by Gasteiger charge is -2.26. The Morgan fingerprint density at radius 1 is 1.62 bits per heavy atom. The summed E-state index contributed by atoms with van der Waals surface area (Å²) in [4.78, 5) is 18.9. The molecule has 2 heterocycles. The molecule has 0 saturated carbocycles. The predicted molar refractivity (Wildman–Crippen MR) is 70.7 cm³/mol. The molecule has 1 saturated heterocycles.